The zero-order valence-electron chi connectivity index (χ0n) is 9.91. The van der Waals surface area contributed by atoms with Crippen LogP contribution in [0.25, 0.3) is 0 Å². The fraction of sp³-hybridized carbons (Fsp3) is 0.615. The van der Waals surface area contributed by atoms with Crippen LogP contribution in [-0.2, 0) is 14.3 Å². The topological polar surface area (TPSA) is 35.5 Å². The summed E-state index contributed by atoms with van der Waals surface area (Å²) in [5.74, 6) is 2.29. The van der Waals surface area contributed by atoms with Gasteiger partial charge in [0.2, 0.25) is 0 Å². The number of rotatable bonds is 4. The average Bonchev–Trinajstić information content (AvgIpc) is 2.27. The highest BCUT2D eigenvalue weighted by Crippen LogP contribution is 2.21. The molecule has 0 aliphatic carbocycles. The van der Waals surface area contributed by atoms with E-state index >= 15 is 0 Å². The Morgan fingerprint density at radius 1 is 1.69 bits per heavy atom. The van der Waals surface area contributed by atoms with Crippen LogP contribution in [0.4, 0.5) is 0 Å². The van der Waals surface area contributed by atoms with Crippen molar-refractivity contribution in [3.8, 4) is 12.3 Å². The fourth-order valence-corrected chi connectivity index (χ4v) is 1.40. The Balaban J connectivity index is 2.40. The first-order valence-corrected chi connectivity index (χ1v) is 5.46. The van der Waals surface area contributed by atoms with Crippen molar-refractivity contribution in [2.24, 2.45) is 5.41 Å². The average molecular weight is 222 g/mol. The van der Waals surface area contributed by atoms with E-state index in [4.69, 9.17) is 15.9 Å². The lowest BCUT2D eigenvalue weighted by Gasteiger charge is -2.22. The van der Waals surface area contributed by atoms with Gasteiger partial charge in [0.1, 0.15) is 0 Å². The van der Waals surface area contributed by atoms with Crippen molar-refractivity contribution >= 4 is 5.97 Å². The molecule has 0 aromatic rings. The molecule has 0 radical (unpaired) electrons. The van der Waals surface area contributed by atoms with Crippen LogP contribution in [0.5, 0.6) is 0 Å². The minimum Gasteiger partial charge on any atom is -0.501 e. The molecule has 16 heavy (non-hydrogen) atoms. The smallest absolute Gasteiger partial charge is 0.337 e. The van der Waals surface area contributed by atoms with Gasteiger partial charge in [-0.1, -0.05) is 13.8 Å². The molecule has 0 bridgehead atoms. The Morgan fingerprint density at radius 2 is 2.44 bits per heavy atom. The summed E-state index contributed by atoms with van der Waals surface area (Å²) in [4.78, 5) is 11.6. The molecule has 88 valence electrons. The Morgan fingerprint density at radius 3 is 3.00 bits per heavy atom. The van der Waals surface area contributed by atoms with E-state index in [1.807, 2.05) is 13.8 Å². The summed E-state index contributed by atoms with van der Waals surface area (Å²) in [5, 5.41) is 0. The van der Waals surface area contributed by atoms with Gasteiger partial charge in [-0.15, -0.1) is 12.3 Å². The van der Waals surface area contributed by atoms with E-state index in [1.54, 1.807) is 0 Å². The monoisotopic (exact) mass is 222 g/mol. The second-order valence-electron chi connectivity index (χ2n) is 4.74. The summed E-state index contributed by atoms with van der Waals surface area (Å²) in [6.07, 6.45) is 8.94. The minimum atomic E-state index is -0.287. The highest BCUT2D eigenvalue weighted by molar-refractivity contribution is 5.88. The summed E-state index contributed by atoms with van der Waals surface area (Å²) < 4.78 is 10.3. The molecule has 1 aliphatic rings. The van der Waals surface area contributed by atoms with Crippen LogP contribution in [0.3, 0.4) is 0 Å². The number of ether oxygens (including phenoxy) is 2. The second kappa shape index (κ2) is 5.60. The molecule has 0 aromatic heterocycles. The van der Waals surface area contributed by atoms with Crippen molar-refractivity contribution < 1.29 is 14.3 Å². The van der Waals surface area contributed by atoms with Gasteiger partial charge in [0.25, 0.3) is 0 Å². The number of esters is 1. The van der Waals surface area contributed by atoms with Gasteiger partial charge >= 0.3 is 5.97 Å². The van der Waals surface area contributed by atoms with Gasteiger partial charge in [-0.05, 0) is 12.8 Å². The van der Waals surface area contributed by atoms with Gasteiger partial charge in [0.15, 0.2) is 0 Å². The molecular weight excluding hydrogens is 204 g/mol. The molecule has 0 amide bonds. The first-order chi connectivity index (χ1) is 7.55. The van der Waals surface area contributed by atoms with E-state index in [0.717, 1.165) is 12.8 Å². The first-order valence-electron chi connectivity index (χ1n) is 5.46. The third-order valence-electron chi connectivity index (χ3n) is 2.37. The molecule has 1 heterocycles. The van der Waals surface area contributed by atoms with E-state index in [-0.39, 0.29) is 11.4 Å². The molecule has 0 saturated heterocycles. The maximum Gasteiger partial charge on any atom is 0.337 e. The summed E-state index contributed by atoms with van der Waals surface area (Å²) in [7, 11) is 0. The van der Waals surface area contributed by atoms with Crippen LogP contribution in [0, 0.1) is 17.8 Å². The van der Waals surface area contributed by atoms with Gasteiger partial charge in [-0.3, -0.25) is 0 Å². The second-order valence-corrected chi connectivity index (χ2v) is 4.74. The van der Waals surface area contributed by atoms with Crippen LogP contribution >= 0.6 is 0 Å². The van der Waals surface area contributed by atoms with Gasteiger partial charge in [-0.2, -0.15) is 0 Å². The highest BCUT2D eigenvalue weighted by Gasteiger charge is 2.21. The van der Waals surface area contributed by atoms with E-state index in [0.29, 0.717) is 25.2 Å². The molecule has 0 N–H and O–H groups in total. The SMILES string of the molecule is C#CCC(C)(C)COC(=O)C1=COCCC1. The molecule has 0 spiro atoms. The highest BCUT2D eigenvalue weighted by atomic mass is 16.5. The minimum absolute atomic E-state index is 0.166. The molecule has 1 aliphatic heterocycles. The lowest BCUT2D eigenvalue weighted by atomic mass is 9.91. The largest absolute Gasteiger partial charge is 0.501 e. The molecular formula is C13H18O3. The molecule has 0 saturated carbocycles. The van der Waals surface area contributed by atoms with Gasteiger partial charge in [0, 0.05) is 11.8 Å². The molecule has 3 nitrogen and oxygen atoms in total. The fourth-order valence-electron chi connectivity index (χ4n) is 1.40. The number of hydrogen-bond acceptors (Lipinski definition) is 3. The van der Waals surface area contributed by atoms with Crippen LogP contribution in [0.15, 0.2) is 11.8 Å². The van der Waals surface area contributed by atoms with Crippen LogP contribution in [0.1, 0.15) is 33.1 Å². The summed E-state index contributed by atoms with van der Waals surface area (Å²) in [6.45, 7) is 4.98. The van der Waals surface area contributed by atoms with E-state index in [2.05, 4.69) is 5.92 Å². The van der Waals surface area contributed by atoms with Crippen molar-refractivity contribution in [1.29, 1.82) is 0 Å². The van der Waals surface area contributed by atoms with E-state index in [9.17, 15) is 4.79 Å². The van der Waals surface area contributed by atoms with Crippen molar-refractivity contribution in [3.05, 3.63) is 11.8 Å². The molecule has 0 fully saturated rings. The zero-order valence-corrected chi connectivity index (χ0v) is 9.91. The molecule has 0 aromatic carbocycles. The number of carbonyl (C=O) groups is 1. The number of hydrogen-bond donors (Lipinski definition) is 0. The van der Waals surface area contributed by atoms with Gasteiger partial charge < -0.3 is 9.47 Å². The lowest BCUT2D eigenvalue weighted by molar-refractivity contribution is -0.142. The maximum atomic E-state index is 11.6. The van der Waals surface area contributed by atoms with Crippen LogP contribution in [-0.4, -0.2) is 19.2 Å². The van der Waals surface area contributed by atoms with Gasteiger partial charge in [-0.25, -0.2) is 4.79 Å². The van der Waals surface area contributed by atoms with Crippen molar-refractivity contribution in [3.63, 3.8) is 0 Å². The standard InChI is InChI=1S/C13H18O3/c1-4-7-13(2,3)10-16-12(14)11-6-5-8-15-9-11/h1,9H,5-8,10H2,2-3H3. The Bertz CT molecular complexity index is 321. The number of carbonyl (C=O) groups excluding carboxylic acids is 1. The first kappa shape index (κ1) is 12.6. The predicted molar refractivity (Wildman–Crippen MR) is 61.5 cm³/mol. The predicted octanol–water partition coefficient (Wildman–Crippen LogP) is 2.27. The molecule has 3 heteroatoms. The normalized spacial score (nSPS) is 15.7. The Kier molecular flexibility index (Phi) is 4.42. The van der Waals surface area contributed by atoms with E-state index in [1.165, 1.54) is 6.26 Å². The van der Waals surface area contributed by atoms with E-state index < -0.39 is 0 Å². The summed E-state index contributed by atoms with van der Waals surface area (Å²) >= 11 is 0. The number of terminal acetylenes is 1. The third kappa shape index (κ3) is 3.98. The van der Waals surface area contributed by atoms with Crippen LogP contribution in [0.2, 0.25) is 0 Å². The van der Waals surface area contributed by atoms with Crippen LogP contribution < -0.4 is 0 Å². The van der Waals surface area contributed by atoms with Crippen molar-refractivity contribution in [1.82, 2.24) is 0 Å². The molecule has 0 atom stereocenters. The van der Waals surface area contributed by atoms with Gasteiger partial charge in [0.05, 0.1) is 25.0 Å². The lowest BCUT2D eigenvalue weighted by Crippen LogP contribution is -2.23. The quantitative estimate of drug-likeness (QED) is 0.540. The molecule has 0 unspecified atom stereocenters. The zero-order chi connectivity index (χ0) is 12.0. The molecule has 1 rings (SSSR count). The van der Waals surface area contributed by atoms with Crippen molar-refractivity contribution in [2.75, 3.05) is 13.2 Å². The summed E-state index contributed by atoms with van der Waals surface area (Å²) in [5.41, 5.74) is 0.447. The Hall–Kier alpha value is -1.43. The Labute approximate surface area is 96.8 Å². The van der Waals surface area contributed by atoms with Crippen molar-refractivity contribution in [2.45, 2.75) is 33.1 Å². The summed E-state index contributed by atoms with van der Waals surface area (Å²) in [6, 6.07) is 0. The third-order valence-corrected chi connectivity index (χ3v) is 2.37. The maximum absolute atomic E-state index is 11.6.